The normalized spacial score (nSPS) is 20.1. The predicted octanol–water partition coefficient (Wildman–Crippen LogP) is 1.85. The fourth-order valence-electron chi connectivity index (χ4n) is 1.75. The zero-order valence-electron chi connectivity index (χ0n) is 10.4. The predicted molar refractivity (Wildman–Crippen MR) is 85.6 cm³/mol. The van der Waals surface area contributed by atoms with Gasteiger partial charge in [-0.15, -0.1) is 24.0 Å². The van der Waals surface area contributed by atoms with Crippen molar-refractivity contribution in [1.82, 2.24) is 15.8 Å². The van der Waals surface area contributed by atoms with Gasteiger partial charge in [0.25, 0.3) is 0 Å². The molecule has 1 saturated heterocycles. The van der Waals surface area contributed by atoms with E-state index >= 15 is 0 Å². The van der Waals surface area contributed by atoms with Crippen molar-refractivity contribution in [3.8, 4) is 0 Å². The molecule has 0 radical (unpaired) electrons. The highest BCUT2D eigenvalue weighted by Gasteiger charge is 2.14. The average molecular weight is 382 g/mol. The van der Waals surface area contributed by atoms with E-state index in [2.05, 4.69) is 20.8 Å². The van der Waals surface area contributed by atoms with E-state index in [1.807, 2.05) is 17.8 Å². The Morgan fingerprint density at radius 3 is 3.17 bits per heavy atom. The van der Waals surface area contributed by atoms with Crippen molar-refractivity contribution >= 4 is 41.7 Å². The van der Waals surface area contributed by atoms with Crippen molar-refractivity contribution in [3.05, 3.63) is 18.0 Å². The molecule has 7 heteroatoms. The molecule has 1 aromatic rings. The smallest absolute Gasteiger partial charge is 0.191 e. The summed E-state index contributed by atoms with van der Waals surface area (Å²) in [5, 5.41) is 10.5. The van der Waals surface area contributed by atoms with Crippen molar-refractivity contribution in [2.24, 2.45) is 4.99 Å². The molecule has 1 aliphatic heterocycles. The molecular weight excluding hydrogens is 363 g/mol. The lowest BCUT2D eigenvalue weighted by atomic mass is 10.2. The van der Waals surface area contributed by atoms with Gasteiger partial charge < -0.3 is 15.2 Å². The third-order valence-corrected chi connectivity index (χ3v) is 3.87. The highest BCUT2D eigenvalue weighted by molar-refractivity contribution is 14.0. The van der Waals surface area contributed by atoms with Crippen molar-refractivity contribution in [2.45, 2.75) is 25.4 Å². The van der Waals surface area contributed by atoms with Crippen LogP contribution in [0.15, 0.2) is 21.8 Å². The van der Waals surface area contributed by atoms with Gasteiger partial charge in [0.2, 0.25) is 0 Å². The third kappa shape index (κ3) is 5.05. The molecule has 1 unspecified atom stereocenters. The van der Waals surface area contributed by atoms with Gasteiger partial charge in [0, 0.05) is 24.9 Å². The Hall–Kier alpha value is -0.440. The molecule has 0 amide bonds. The molecule has 102 valence electrons. The highest BCUT2D eigenvalue weighted by Crippen LogP contribution is 2.16. The maximum absolute atomic E-state index is 4.78. The molecule has 0 aromatic carbocycles. The minimum atomic E-state index is 0. The quantitative estimate of drug-likeness (QED) is 0.475. The first-order valence-corrected chi connectivity index (χ1v) is 6.98. The molecule has 5 nitrogen and oxygen atoms in total. The Labute approximate surface area is 129 Å². The van der Waals surface area contributed by atoms with Crippen LogP contribution < -0.4 is 10.6 Å². The number of nitrogens with one attached hydrogen (secondary N) is 2. The summed E-state index contributed by atoms with van der Waals surface area (Å²) < 4.78 is 4.78. The van der Waals surface area contributed by atoms with Gasteiger partial charge in [-0.2, -0.15) is 11.8 Å². The molecule has 2 rings (SSSR count). The summed E-state index contributed by atoms with van der Waals surface area (Å²) in [5.74, 6) is 3.27. The second-order valence-corrected chi connectivity index (χ2v) is 5.12. The Kier molecular flexibility index (Phi) is 7.48. The number of hydrogen-bond donors (Lipinski definition) is 2. The summed E-state index contributed by atoms with van der Waals surface area (Å²) in [6, 6.07) is 2.37. The summed E-state index contributed by atoms with van der Waals surface area (Å²) in [7, 11) is 1.79. The van der Waals surface area contributed by atoms with Crippen LogP contribution in [0.1, 0.15) is 18.5 Å². The zero-order valence-corrected chi connectivity index (χ0v) is 13.5. The number of halogens is 1. The fourth-order valence-corrected chi connectivity index (χ4v) is 2.82. The second kappa shape index (κ2) is 8.63. The molecule has 18 heavy (non-hydrogen) atoms. The summed E-state index contributed by atoms with van der Waals surface area (Å²) in [4.78, 5) is 4.21. The number of guanidine groups is 1. The molecule has 1 aliphatic rings. The van der Waals surface area contributed by atoms with Crippen LogP contribution in [0.2, 0.25) is 0 Å². The van der Waals surface area contributed by atoms with E-state index in [4.69, 9.17) is 4.52 Å². The standard InChI is InChI=1S/C11H18N4OS.HI/c1-12-11(13-7-9-4-5-16-15-9)14-10-3-2-6-17-8-10;/h4-5,10H,2-3,6-8H2,1H3,(H2,12,13,14);1H. The summed E-state index contributed by atoms with van der Waals surface area (Å²) in [5.41, 5.74) is 0.881. The lowest BCUT2D eigenvalue weighted by molar-refractivity contribution is 0.410. The number of rotatable bonds is 3. The molecule has 0 aliphatic carbocycles. The molecule has 1 atom stereocenters. The van der Waals surface area contributed by atoms with Crippen LogP contribution in [0.5, 0.6) is 0 Å². The minimum Gasteiger partial charge on any atom is -0.364 e. The van der Waals surface area contributed by atoms with E-state index in [-0.39, 0.29) is 24.0 Å². The summed E-state index contributed by atoms with van der Waals surface area (Å²) >= 11 is 2.00. The number of aliphatic imine (C=N–C) groups is 1. The van der Waals surface area contributed by atoms with Crippen LogP contribution in [0, 0.1) is 0 Å². The molecule has 0 saturated carbocycles. The van der Waals surface area contributed by atoms with Crippen molar-refractivity contribution < 1.29 is 4.52 Å². The van der Waals surface area contributed by atoms with Crippen LogP contribution in [0.3, 0.4) is 0 Å². The van der Waals surface area contributed by atoms with E-state index in [1.54, 1.807) is 13.3 Å². The Morgan fingerprint density at radius 2 is 2.56 bits per heavy atom. The lowest BCUT2D eigenvalue weighted by Crippen LogP contribution is -2.45. The lowest BCUT2D eigenvalue weighted by Gasteiger charge is -2.24. The van der Waals surface area contributed by atoms with Crippen molar-refractivity contribution in [3.63, 3.8) is 0 Å². The van der Waals surface area contributed by atoms with E-state index < -0.39 is 0 Å². The molecule has 1 fully saturated rings. The van der Waals surface area contributed by atoms with Crippen LogP contribution in [-0.2, 0) is 6.54 Å². The van der Waals surface area contributed by atoms with Gasteiger partial charge in [-0.05, 0) is 18.6 Å². The minimum absolute atomic E-state index is 0. The third-order valence-electron chi connectivity index (χ3n) is 2.65. The second-order valence-electron chi connectivity index (χ2n) is 3.97. The van der Waals surface area contributed by atoms with Crippen molar-refractivity contribution in [1.29, 1.82) is 0 Å². The molecular formula is C11H19IN4OS. The Morgan fingerprint density at radius 1 is 1.67 bits per heavy atom. The van der Waals surface area contributed by atoms with Crippen LogP contribution in [-0.4, -0.2) is 35.7 Å². The number of nitrogens with zero attached hydrogens (tertiary/aromatic N) is 2. The first kappa shape index (κ1) is 15.6. The maximum atomic E-state index is 4.78. The highest BCUT2D eigenvalue weighted by atomic mass is 127. The zero-order chi connectivity index (χ0) is 11.9. The fraction of sp³-hybridized carbons (Fsp3) is 0.636. The van der Waals surface area contributed by atoms with Crippen LogP contribution in [0.25, 0.3) is 0 Å². The SMILES string of the molecule is CN=C(NCc1ccon1)NC1CCCSC1.I. The van der Waals surface area contributed by atoms with Gasteiger partial charge in [0.1, 0.15) is 12.0 Å². The van der Waals surface area contributed by atoms with Crippen LogP contribution in [0.4, 0.5) is 0 Å². The number of aromatic nitrogens is 1. The van der Waals surface area contributed by atoms with E-state index in [0.29, 0.717) is 12.6 Å². The topological polar surface area (TPSA) is 62.5 Å². The molecule has 2 N–H and O–H groups in total. The Bertz CT molecular complexity index is 352. The number of hydrogen-bond acceptors (Lipinski definition) is 4. The molecule has 0 bridgehead atoms. The maximum Gasteiger partial charge on any atom is 0.191 e. The largest absolute Gasteiger partial charge is 0.364 e. The number of thioether (sulfide) groups is 1. The van der Waals surface area contributed by atoms with E-state index in [0.717, 1.165) is 17.4 Å². The van der Waals surface area contributed by atoms with Gasteiger partial charge in [0.05, 0.1) is 6.54 Å². The van der Waals surface area contributed by atoms with E-state index in [1.165, 1.54) is 18.6 Å². The summed E-state index contributed by atoms with van der Waals surface area (Å²) in [6.45, 7) is 0.635. The van der Waals surface area contributed by atoms with Gasteiger partial charge in [0.15, 0.2) is 5.96 Å². The van der Waals surface area contributed by atoms with Gasteiger partial charge in [-0.3, -0.25) is 4.99 Å². The molecule has 2 heterocycles. The first-order chi connectivity index (χ1) is 8.38. The van der Waals surface area contributed by atoms with Gasteiger partial charge in [-0.1, -0.05) is 5.16 Å². The van der Waals surface area contributed by atoms with Gasteiger partial charge in [-0.25, -0.2) is 0 Å². The molecule has 1 aromatic heterocycles. The molecule has 0 spiro atoms. The Balaban J connectivity index is 0.00000162. The van der Waals surface area contributed by atoms with E-state index in [9.17, 15) is 0 Å². The van der Waals surface area contributed by atoms with Crippen LogP contribution >= 0.6 is 35.7 Å². The first-order valence-electron chi connectivity index (χ1n) is 5.82. The summed E-state index contributed by atoms with van der Waals surface area (Å²) in [6.07, 6.45) is 4.07. The van der Waals surface area contributed by atoms with Crippen molar-refractivity contribution in [2.75, 3.05) is 18.6 Å². The monoisotopic (exact) mass is 382 g/mol. The van der Waals surface area contributed by atoms with Gasteiger partial charge >= 0.3 is 0 Å². The average Bonchev–Trinajstić information content (AvgIpc) is 2.89.